The first-order valence-electron chi connectivity index (χ1n) is 10.6. The molecule has 0 bridgehead atoms. The van der Waals surface area contributed by atoms with Crippen molar-refractivity contribution < 1.29 is 14.3 Å². The predicted molar refractivity (Wildman–Crippen MR) is 120 cm³/mol. The van der Waals surface area contributed by atoms with Crippen molar-refractivity contribution >= 4 is 16.8 Å². The summed E-state index contributed by atoms with van der Waals surface area (Å²) in [7, 11) is 4.01. The van der Waals surface area contributed by atoms with Crippen LogP contribution in [0.2, 0.25) is 0 Å². The van der Waals surface area contributed by atoms with Crippen LogP contribution in [0, 0.1) is 0 Å². The number of carbonyl (C=O) groups is 1. The number of hydrogen-bond acceptors (Lipinski definition) is 6. The molecular formula is C23H29N5O3. The maximum absolute atomic E-state index is 11.9. The SMILES string of the molecule is CN1CCN(CCCOc2ccc(Oc3cc4c(cnn4C)cc3C(N)=O)cc2)CC1. The standard InChI is InChI=1S/C23H29N5O3/c1-26-9-11-28(12-10-26)8-3-13-30-18-4-6-19(7-5-18)31-22-15-21-17(16-25-27(21)2)14-20(22)23(24)29/h4-7,14-16H,3,8-13H2,1-2H3,(H2,24,29). The van der Waals surface area contributed by atoms with Crippen molar-refractivity contribution in [2.75, 3.05) is 46.4 Å². The van der Waals surface area contributed by atoms with E-state index < -0.39 is 5.91 Å². The normalized spacial score (nSPS) is 15.3. The van der Waals surface area contributed by atoms with E-state index in [0.717, 1.165) is 55.8 Å². The van der Waals surface area contributed by atoms with E-state index in [1.807, 2.05) is 31.3 Å². The monoisotopic (exact) mass is 423 g/mol. The molecule has 8 heteroatoms. The van der Waals surface area contributed by atoms with Gasteiger partial charge in [0.1, 0.15) is 17.2 Å². The highest BCUT2D eigenvalue weighted by Crippen LogP contribution is 2.30. The number of carbonyl (C=O) groups excluding carboxylic acids is 1. The summed E-state index contributed by atoms with van der Waals surface area (Å²) in [6.45, 7) is 6.25. The van der Waals surface area contributed by atoms with Gasteiger partial charge in [-0.15, -0.1) is 0 Å². The molecular weight excluding hydrogens is 394 g/mol. The molecule has 1 saturated heterocycles. The van der Waals surface area contributed by atoms with E-state index in [4.69, 9.17) is 15.2 Å². The van der Waals surface area contributed by atoms with E-state index in [-0.39, 0.29) is 0 Å². The molecule has 1 fully saturated rings. The molecule has 2 aromatic carbocycles. The molecule has 31 heavy (non-hydrogen) atoms. The van der Waals surface area contributed by atoms with Crippen molar-refractivity contribution in [2.45, 2.75) is 6.42 Å². The minimum Gasteiger partial charge on any atom is -0.494 e. The summed E-state index contributed by atoms with van der Waals surface area (Å²) < 4.78 is 13.6. The van der Waals surface area contributed by atoms with E-state index in [1.54, 1.807) is 23.0 Å². The van der Waals surface area contributed by atoms with Gasteiger partial charge in [0.2, 0.25) is 0 Å². The molecule has 2 N–H and O–H groups in total. The fourth-order valence-electron chi connectivity index (χ4n) is 3.74. The maximum atomic E-state index is 11.9. The number of aryl methyl sites for hydroxylation is 1. The zero-order valence-electron chi connectivity index (χ0n) is 18.1. The molecule has 0 atom stereocenters. The number of fused-ring (bicyclic) bond motifs is 1. The second-order valence-electron chi connectivity index (χ2n) is 7.96. The molecule has 1 aliphatic heterocycles. The van der Waals surface area contributed by atoms with Gasteiger partial charge in [-0.25, -0.2) is 0 Å². The van der Waals surface area contributed by atoms with Crippen LogP contribution >= 0.6 is 0 Å². The number of nitrogens with zero attached hydrogens (tertiary/aromatic N) is 4. The first-order valence-corrected chi connectivity index (χ1v) is 10.6. The fraction of sp³-hybridized carbons (Fsp3) is 0.391. The second-order valence-corrected chi connectivity index (χ2v) is 7.96. The number of nitrogens with two attached hydrogens (primary N) is 1. The van der Waals surface area contributed by atoms with Crippen LogP contribution < -0.4 is 15.2 Å². The maximum Gasteiger partial charge on any atom is 0.252 e. The molecule has 4 rings (SSSR count). The number of primary amides is 1. The van der Waals surface area contributed by atoms with E-state index in [2.05, 4.69) is 21.9 Å². The quantitative estimate of drug-likeness (QED) is 0.560. The number of benzene rings is 2. The molecule has 2 heterocycles. The number of rotatable bonds is 8. The van der Waals surface area contributed by atoms with Crippen LogP contribution in [0.3, 0.4) is 0 Å². The molecule has 164 valence electrons. The van der Waals surface area contributed by atoms with Crippen LogP contribution in [0.5, 0.6) is 17.2 Å². The lowest BCUT2D eigenvalue weighted by Crippen LogP contribution is -2.44. The van der Waals surface area contributed by atoms with Crippen LogP contribution in [0.1, 0.15) is 16.8 Å². The topological polar surface area (TPSA) is 85.8 Å². The summed E-state index contributed by atoms with van der Waals surface area (Å²) in [5.41, 5.74) is 6.73. The molecule has 0 spiro atoms. The average molecular weight is 424 g/mol. The second kappa shape index (κ2) is 9.36. The lowest BCUT2D eigenvalue weighted by Gasteiger charge is -2.32. The van der Waals surface area contributed by atoms with Gasteiger partial charge in [0.05, 0.1) is 23.9 Å². The molecule has 0 radical (unpaired) electrons. The molecule has 8 nitrogen and oxygen atoms in total. The van der Waals surface area contributed by atoms with Gasteiger partial charge in [-0.3, -0.25) is 9.48 Å². The van der Waals surface area contributed by atoms with Gasteiger partial charge >= 0.3 is 0 Å². The van der Waals surface area contributed by atoms with Crippen molar-refractivity contribution in [3.8, 4) is 17.2 Å². The highest BCUT2D eigenvalue weighted by molar-refractivity contribution is 6.00. The van der Waals surface area contributed by atoms with E-state index in [9.17, 15) is 4.79 Å². The number of hydrogen-bond donors (Lipinski definition) is 1. The third kappa shape index (κ3) is 5.15. The number of amides is 1. The van der Waals surface area contributed by atoms with Gasteiger partial charge in [0, 0.05) is 51.2 Å². The summed E-state index contributed by atoms with van der Waals surface area (Å²) in [6, 6.07) is 10.9. The highest BCUT2D eigenvalue weighted by Gasteiger charge is 2.15. The number of likely N-dealkylation sites (N-methyl/N-ethyl adjacent to an activating group) is 1. The van der Waals surface area contributed by atoms with Crippen molar-refractivity contribution in [2.24, 2.45) is 12.8 Å². The first kappa shape index (κ1) is 21.1. The smallest absolute Gasteiger partial charge is 0.252 e. The Hall–Kier alpha value is -3.10. The molecule has 1 aromatic heterocycles. The van der Waals surface area contributed by atoms with Crippen molar-refractivity contribution in [3.63, 3.8) is 0 Å². The first-order chi connectivity index (χ1) is 15.0. The van der Waals surface area contributed by atoms with Crippen LogP contribution in [0.25, 0.3) is 10.9 Å². The number of piperazine rings is 1. The predicted octanol–water partition coefficient (Wildman–Crippen LogP) is 2.48. The molecule has 1 amide bonds. The Labute approximate surface area is 182 Å². The van der Waals surface area contributed by atoms with Crippen molar-refractivity contribution in [3.05, 3.63) is 48.2 Å². The minimum atomic E-state index is -0.541. The van der Waals surface area contributed by atoms with E-state index in [0.29, 0.717) is 23.7 Å². The Morgan fingerprint density at radius 1 is 1.06 bits per heavy atom. The molecule has 0 aliphatic carbocycles. The van der Waals surface area contributed by atoms with Gasteiger partial charge in [0.15, 0.2) is 0 Å². The summed E-state index contributed by atoms with van der Waals surface area (Å²) in [5.74, 6) is 1.27. The average Bonchev–Trinajstić information content (AvgIpc) is 3.13. The fourth-order valence-corrected chi connectivity index (χ4v) is 3.74. The van der Waals surface area contributed by atoms with Crippen LogP contribution in [0.15, 0.2) is 42.6 Å². The van der Waals surface area contributed by atoms with Crippen LogP contribution in [-0.4, -0.2) is 71.9 Å². The van der Waals surface area contributed by atoms with Gasteiger partial charge in [-0.05, 0) is 43.8 Å². The minimum absolute atomic E-state index is 0.324. The summed E-state index contributed by atoms with van der Waals surface area (Å²) >= 11 is 0. The van der Waals surface area contributed by atoms with Crippen LogP contribution in [-0.2, 0) is 7.05 Å². The Kier molecular flexibility index (Phi) is 6.39. The highest BCUT2D eigenvalue weighted by atomic mass is 16.5. The third-order valence-electron chi connectivity index (χ3n) is 5.65. The molecule has 3 aromatic rings. The summed E-state index contributed by atoms with van der Waals surface area (Å²) in [4.78, 5) is 16.7. The van der Waals surface area contributed by atoms with E-state index in [1.165, 1.54) is 0 Å². The van der Waals surface area contributed by atoms with Gasteiger partial charge in [0.25, 0.3) is 5.91 Å². The van der Waals surface area contributed by atoms with Crippen molar-refractivity contribution in [1.82, 2.24) is 19.6 Å². The molecule has 1 aliphatic rings. The van der Waals surface area contributed by atoms with Gasteiger partial charge in [-0.1, -0.05) is 0 Å². The van der Waals surface area contributed by atoms with Gasteiger partial charge < -0.3 is 25.0 Å². The number of aromatic nitrogens is 2. The number of ether oxygens (including phenoxy) is 2. The lowest BCUT2D eigenvalue weighted by molar-refractivity contribution is 0.0998. The Morgan fingerprint density at radius 2 is 1.77 bits per heavy atom. The Bertz CT molecular complexity index is 1040. The lowest BCUT2D eigenvalue weighted by atomic mass is 10.1. The van der Waals surface area contributed by atoms with E-state index >= 15 is 0 Å². The van der Waals surface area contributed by atoms with Crippen LogP contribution in [0.4, 0.5) is 0 Å². The molecule has 0 saturated carbocycles. The van der Waals surface area contributed by atoms with Gasteiger partial charge in [-0.2, -0.15) is 5.10 Å². The third-order valence-corrected chi connectivity index (χ3v) is 5.65. The van der Waals surface area contributed by atoms with Crippen molar-refractivity contribution in [1.29, 1.82) is 0 Å². The molecule has 0 unspecified atom stereocenters. The summed E-state index contributed by atoms with van der Waals surface area (Å²) in [6.07, 6.45) is 2.69. The Morgan fingerprint density at radius 3 is 2.48 bits per heavy atom. The zero-order chi connectivity index (χ0) is 21.8. The summed E-state index contributed by atoms with van der Waals surface area (Å²) in [5, 5.41) is 5.05. The Balaban J connectivity index is 1.34. The zero-order valence-corrected chi connectivity index (χ0v) is 18.1. The largest absolute Gasteiger partial charge is 0.494 e.